The van der Waals surface area contributed by atoms with Gasteiger partial charge in [-0.2, -0.15) is 4.31 Å². The van der Waals surface area contributed by atoms with Crippen molar-refractivity contribution in [3.63, 3.8) is 0 Å². The van der Waals surface area contributed by atoms with Gasteiger partial charge in [-0.15, -0.1) is 0 Å². The van der Waals surface area contributed by atoms with Crippen molar-refractivity contribution in [2.45, 2.75) is 24.7 Å². The predicted octanol–water partition coefficient (Wildman–Crippen LogP) is 1.39. The van der Waals surface area contributed by atoms with Gasteiger partial charge in [-0.1, -0.05) is 6.92 Å². The molecule has 1 aromatic heterocycles. The van der Waals surface area contributed by atoms with E-state index in [9.17, 15) is 17.0 Å². The fourth-order valence-corrected chi connectivity index (χ4v) is 6.98. The summed E-state index contributed by atoms with van der Waals surface area (Å²) in [5.41, 5.74) is -0.130. The maximum absolute atomic E-state index is 14.7. The van der Waals surface area contributed by atoms with E-state index in [1.807, 2.05) is 21.0 Å². The Morgan fingerprint density at radius 1 is 1.31 bits per heavy atom. The SMILES string of the molecule is CN(C)CC1CCN(S(=O)(=O)c2cnc(N3CC(C)(CS(C)=O)C3)c(F)c2)CC1. The first-order chi connectivity index (χ1) is 13.5. The number of pyridine rings is 1. The van der Waals surface area contributed by atoms with Crippen LogP contribution in [0.25, 0.3) is 0 Å². The molecule has 2 aliphatic rings. The number of hydrogen-bond donors (Lipinski definition) is 0. The summed E-state index contributed by atoms with van der Waals surface area (Å²) in [4.78, 5) is 7.91. The van der Waals surface area contributed by atoms with Crippen LogP contribution in [-0.4, -0.2) is 85.6 Å². The van der Waals surface area contributed by atoms with Gasteiger partial charge in [-0.05, 0) is 38.9 Å². The monoisotopic (exact) mass is 446 g/mol. The molecule has 2 fully saturated rings. The van der Waals surface area contributed by atoms with Crippen molar-refractivity contribution >= 4 is 26.6 Å². The highest BCUT2D eigenvalue weighted by Crippen LogP contribution is 2.35. The summed E-state index contributed by atoms with van der Waals surface area (Å²) < 4.78 is 53.4. The van der Waals surface area contributed by atoms with Crippen LogP contribution in [-0.2, 0) is 20.8 Å². The van der Waals surface area contributed by atoms with Crippen LogP contribution in [0.2, 0.25) is 0 Å². The van der Waals surface area contributed by atoms with Crippen LogP contribution in [0.4, 0.5) is 10.2 Å². The fourth-order valence-electron chi connectivity index (χ4n) is 4.39. The summed E-state index contributed by atoms with van der Waals surface area (Å²) in [6, 6.07) is 1.08. The van der Waals surface area contributed by atoms with Crippen LogP contribution in [0.15, 0.2) is 17.2 Å². The Kier molecular flexibility index (Phi) is 6.67. The van der Waals surface area contributed by atoms with Crippen molar-refractivity contribution in [1.82, 2.24) is 14.2 Å². The lowest BCUT2D eigenvalue weighted by Crippen LogP contribution is -2.57. The van der Waals surface area contributed by atoms with Crippen LogP contribution in [0.5, 0.6) is 0 Å². The summed E-state index contributed by atoms with van der Waals surface area (Å²) in [5, 5.41) is 0. The molecule has 1 atom stereocenters. The Bertz CT molecular complexity index is 864. The summed E-state index contributed by atoms with van der Waals surface area (Å²) in [7, 11) is -0.630. The average Bonchev–Trinajstić information content (AvgIpc) is 2.59. The molecule has 0 amide bonds. The van der Waals surface area contributed by atoms with Gasteiger partial charge in [0.25, 0.3) is 0 Å². The minimum Gasteiger partial charge on any atom is -0.353 e. The lowest BCUT2D eigenvalue weighted by Gasteiger charge is -2.48. The highest BCUT2D eigenvalue weighted by atomic mass is 32.2. The van der Waals surface area contributed by atoms with Crippen LogP contribution in [0.1, 0.15) is 19.8 Å². The fraction of sp³-hybridized carbons (Fsp3) is 0.737. The molecule has 7 nitrogen and oxygen atoms in total. The third kappa shape index (κ3) is 5.15. The van der Waals surface area contributed by atoms with Gasteiger partial charge in [-0.3, -0.25) is 4.21 Å². The van der Waals surface area contributed by atoms with Gasteiger partial charge >= 0.3 is 0 Å². The Labute approximate surface area is 175 Å². The molecule has 3 rings (SSSR count). The number of sulfonamides is 1. The summed E-state index contributed by atoms with van der Waals surface area (Å²) in [6.45, 7) is 4.97. The van der Waals surface area contributed by atoms with Gasteiger partial charge in [0.1, 0.15) is 4.90 Å². The topological polar surface area (TPSA) is 73.8 Å². The van der Waals surface area contributed by atoms with Gasteiger partial charge in [0, 0.05) is 67.1 Å². The molecule has 1 unspecified atom stereocenters. The molecule has 0 radical (unpaired) electrons. The van der Waals surface area contributed by atoms with E-state index in [1.165, 1.54) is 10.5 Å². The van der Waals surface area contributed by atoms with E-state index >= 15 is 0 Å². The third-order valence-corrected chi connectivity index (χ3v) is 8.60. The van der Waals surface area contributed by atoms with Crippen molar-refractivity contribution in [1.29, 1.82) is 0 Å². The highest BCUT2D eigenvalue weighted by molar-refractivity contribution is 7.89. The molecule has 1 aromatic rings. The van der Waals surface area contributed by atoms with Gasteiger partial charge < -0.3 is 9.80 Å². The zero-order valence-electron chi connectivity index (χ0n) is 17.6. The zero-order chi connectivity index (χ0) is 21.4. The third-order valence-electron chi connectivity index (χ3n) is 5.63. The maximum atomic E-state index is 14.7. The summed E-state index contributed by atoms with van der Waals surface area (Å²) in [5.74, 6) is 0.564. The van der Waals surface area contributed by atoms with Crippen LogP contribution in [0, 0.1) is 17.2 Å². The van der Waals surface area contributed by atoms with Crippen molar-refractivity contribution in [3.05, 3.63) is 18.1 Å². The normalized spacial score (nSPS) is 21.9. The van der Waals surface area contributed by atoms with Gasteiger partial charge in [0.15, 0.2) is 11.6 Å². The van der Waals surface area contributed by atoms with Crippen molar-refractivity contribution in [2.75, 3.05) is 63.7 Å². The lowest BCUT2D eigenvalue weighted by molar-refractivity contribution is 0.225. The van der Waals surface area contributed by atoms with E-state index in [2.05, 4.69) is 9.88 Å². The van der Waals surface area contributed by atoms with Crippen LogP contribution in [0.3, 0.4) is 0 Å². The maximum Gasteiger partial charge on any atom is 0.244 e. The quantitative estimate of drug-likeness (QED) is 0.630. The van der Waals surface area contributed by atoms with E-state index in [4.69, 9.17) is 0 Å². The number of hydrogen-bond acceptors (Lipinski definition) is 6. The van der Waals surface area contributed by atoms with Crippen LogP contribution < -0.4 is 4.90 Å². The van der Waals surface area contributed by atoms with E-state index in [-0.39, 0.29) is 16.1 Å². The molecule has 0 saturated carbocycles. The molecule has 10 heteroatoms. The number of piperidine rings is 1. The minimum absolute atomic E-state index is 0.0947. The molecular weight excluding hydrogens is 415 g/mol. The van der Waals surface area contributed by atoms with E-state index in [0.29, 0.717) is 37.8 Å². The summed E-state index contributed by atoms with van der Waals surface area (Å²) in [6.07, 6.45) is 4.52. The zero-order valence-corrected chi connectivity index (χ0v) is 19.2. The number of rotatable bonds is 7. The second kappa shape index (κ2) is 8.56. The van der Waals surface area contributed by atoms with Crippen LogP contribution >= 0.6 is 0 Å². The van der Waals surface area contributed by atoms with Gasteiger partial charge in [-0.25, -0.2) is 17.8 Å². The molecule has 2 aliphatic heterocycles. The van der Waals surface area contributed by atoms with Gasteiger partial charge in [0.05, 0.1) is 0 Å². The molecule has 3 heterocycles. The first kappa shape index (κ1) is 22.6. The number of anilines is 1. The largest absolute Gasteiger partial charge is 0.353 e. The molecule has 164 valence electrons. The Morgan fingerprint density at radius 3 is 2.45 bits per heavy atom. The molecular formula is C19H31FN4O3S2. The second-order valence-electron chi connectivity index (χ2n) is 8.97. The summed E-state index contributed by atoms with van der Waals surface area (Å²) >= 11 is 0. The standard InChI is InChI=1S/C19H31FN4O3S2/c1-19(14-28(4)25)12-23(13-19)18-17(20)9-16(10-21-18)29(26,27)24-7-5-15(6-8-24)11-22(2)3/h9-10,15H,5-8,11-14H2,1-4H3. The molecule has 0 aliphatic carbocycles. The second-order valence-corrected chi connectivity index (χ2v) is 12.3. The number of halogens is 1. The smallest absolute Gasteiger partial charge is 0.244 e. The molecule has 0 N–H and O–H groups in total. The molecule has 0 spiro atoms. The Balaban J connectivity index is 1.66. The minimum atomic E-state index is -3.75. The first-order valence-electron chi connectivity index (χ1n) is 9.86. The molecule has 0 bridgehead atoms. The molecule has 2 saturated heterocycles. The number of nitrogens with zero attached hydrogens (tertiary/aromatic N) is 4. The Hall–Kier alpha value is -1.10. The van der Waals surface area contributed by atoms with Crippen molar-refractivity contribution < 1.29 is 17.0 Å². The van der Waals surface area contributed by atoms with E-state index in [0.717, 1.165) is 25.5 Å². The van der Waals surface area contributed by atoms with Gasteiger partial charge in [0.2, 0.25) is 10.0 Å². The van der Waals surface area contributed by atoms with E-state index < -0.39 is 26.6 Å². The molecule has 29 heavy (non-hydrogen) atoms. The van der Waals surface area contributed by atoms with Crippen molar-refractivity contribution in [2.24, 2.45) is 11.3 Å². The number of aromatic nitrogens is 1. The highest BCUT2D eigenvalue weighted by Gasteiger charge is 2.41. The van der Waals surface area contributed by atoms with E-state index in [1.54, 1.807) is 11.2 Å². The average molecular weight is 447 g/mol. The lowest BCUT2D eigenvalue weighted by atomic mass is 9.84. The van der Waals surface area contributed by atoms with Crippen molar-refractivity contribution in [3.8, 4) is 0 Å². The Morgan fingerprint density at radius 2 is 1.93 bits per heavy atom. The first-order valence-corrected chi connectivity index (χ1v) is 13.0. The molecule has 0 aromatic carbocycles. The predicted molar refractivity (Wildman–Crippen MR) is 113 cm³/mol.